The third-order valence-corrected chi connectivity index (χ3v) is 2.01. The van der Waals surface area contributed by atoms with E-state index in [9.17, 15) is 0 Å². The monoisotopic (exact) mass is 118 g/mol. The fourth-order valence-corrected chi connectivity index (χ4v) is 1.59. The Morgan fingerprint density at radius 3 is 2.43 bits per heavy atom. The molecule has 0 N–H and O–H groups in total. The second kappa shape index (κ2) is 1.67. The normalized spacial score (nSPS) is 28.3. The maximum atomic E-state index is 5.26. The summed E-state index contributed by atoms with van der Waals surface area (Å²) in [6, 6.07) is 0. The first-order valence-corrected chi connectivity index (χ1v) is 3.42. The van der Waals surface area contributed by atoms with Crippen LogP contribution >= 0.6 is 12.0 Å². The Bertz CT molecular complexity index is 62.5. The second-order valence-electron chi connectivity index (χ2n) is 2.42. The molecule has 1 fully saturated rings. The summed E-state index contributed by atoms with van der Waals surface area (Å²) in [6.07, 6.45) is 1.19. The van der Waals surface area contributed by atoms with Gasteiger partial charge in [-0.1, -0.05) is 0 Å². The number of rotatable bonds is 0. The van der Waals surface area contributed by atoms with Crippen LogP contribution in [0.1, 0.15) is 20.3 Å². The molecule has 0 spiro atoms. The van der Waals surface area contributed by atoms with Crippen LogP contribution in [0.4, 0.5) is 0 Å². The van der Waals surface area contributed by atoms with E-state index in [0.29, 0.717) is 0 Å². The van der Waals surface area contributed by atoms with E-state index in [-0.39, 0.29) is 5.60 Å². The quantitative estimate of drug-likeness (QED) is 0.449. The summed E-state index contributed by atoms with van der Waals surface area (Å²) in [5.74, 6) is 1.16. The van der Waals surface area contributed by atoms with E-state index in [1.54, 1.807) is 12.0 Å². The molecule has 0 amide bonds. The van der Waals surface area contributed by atoms with Crippen LogP contribution in [0.2, 0.25) is 0 Å². The van der Waals surface area contributed by atoms with Crippen LogP contribution in [-0.4, -0.2) is 11.4 Å². The van der Waals surface area contributed by atoms with E-state index < -0.39 is 0 Å². The van der Waals surface area contributed by atoms with Gasteiger partial charge in [0.25, 0.3) is 0 Å². The summed E-state index contributed by atoms with van der Waals surface area (Å²) in [5, 5.41) is 0. The van der Waals surface area contributed by atoms with Gasteiger partial charge < -0.3 is 4.18 Å². The molecule has 0 saturated carbocycles. The van der Waals surface area contributed by atoms with Crippen LogP contribution in [0.25, 0.3) is 0 Å². The average molecular weight is 118 g/mol. The highest BCUT2D eigenvalue weighted by Crippen LogP contribution is 2.30. The van der Waals surface area contributed by atoms with Gasteiger partial charge >= 0.3 is 0 Å². The Balaban J connectivity index is 2.40. The first-order valence-electron chi connectivity index (χ1n) is 2.51. The zero-order valence-corrected chi connectivity index (χ0v) is 5.55. The highest BCUT2D eigenvalue weighted by atomic mass is 32.2. The molecule has 1 nitrogen and oxygen atoms in total. The molecule has 0 bridgehead atoms. The maximum Gasteiger partial charge on any atom is 0.0781 e. The van der Waals surface area contributed by atoms with E-state index in [0.717, 1.165) is 5.75 Å². The minimum atomic E-state index is 0.157. The summed E-state index contributed by atoms with van der Waals surface area (Å²) in [5.41, 5.74) is 0.157. The molecular formula is C5H10OS. The summed E-state index contributed by atoms with van der Waals surface area (Å²) >= 11 is 1.58. The predicted molar refractivity (Wildman–Crippen MR) is 32.2 cm³/mol. The lowest BCUT2D eigenvalue weighted by Crippen LogP contribution is -2.14. The van der Waals surface area contributed by atoms with Gasteiger partial charge in [-0.3, -0.25) is 0 Å². The Hall–Kier alpha value is 0.310. The van der Waals surface area contributed by atoms with E-state index in [1.807, 2.05) is 0 Å². The summed E-state index contributed by atoms with van der Waals surface area (Å²) in [6.45, 7) is 4.24. The zero-order valence-electron chi connectivity index (χ0n) is 4.73. The Labute approximate surface area is 48.6 Å². The van der Waals surface area contributed by atoms with Crippen molar-refractivity contribution < 1.29 is 4.18 Å². The fourth-order valence-electron chi connectivity index (χ4n) is 0.530. The third-order valence-electron chi connectivity index (χ3n) is 1.07. The molecule has 1 saturated heterocycles. The van der Waals surface area contributed by atoms with Gasteiger partial charge in [-0.2, -0.15) is 0 Å². The third kappa shape index (κ3) is 1.35. The lowest BCUT2D eigenvalue weighted by Gasteiger charge is -2.12. The molecule has 42 valence electrons. The molecule has 7 heavy (non-hydrogen) atoms. The second-order valence-corrected chi connectivity index (χ2v) is 3.23. The first-order chi connectivity index (χ1) is 3.21. The van der Waals surface area contributed by atoms with E-state index in [1.165, 1.54) is 6.42 Å². The van der Waals surface area contributed by atoms with Gasteiger partial charge in [-0.15, -0.1) is 0 Å². The summed E-state index contributed by atoms with van der Waals surface area (Å²) < 4.78 is 5.26. The van der Waals surface area contributed by atoms with E-state index in [2.05, 4.69) is 13.8 Å². The van der Waals surface area contributed by atoms with Gasteiger partial charge in [0.2, 0.25) is 0 Å². The van der Waals surface area contributed by atoms with Crippen molar-refractivity contribution in [3.8, 4) is 0 Å². The maximum absolute atomic E-state index is 5.26. The fraction of sp³-hybridized carbons (Fsp3) is 1.00. The van der Waals surface area contributed by atoms with Crippen molar-refractivity contribution in [2.75, 3.05) is 5.75 Å². The van der Waals surface area contributed by atoms with Gasteiger partial charge in [-0.25, -0.2) is 0 Å². The van der Waals surface area contributed by atoms with Crippen molar-refractivity contribution in [1.82, 2.24) is 0 Å². The summed E-state index contributed by atoms with van der Waals surface area (Å²) in [4.78, 5) is 0. The molecular weight excluding hydrogens is 108 g/mol. The first kappa shape index (κ1) is 5.45. The van der Waals surface area contributed by atoms with Gasteiger partial charge in [0.15, 0.2) is 0 Å². The van der Waals surface area contributed by atoms with Gasteiger partial charge in [-0.05, 0) is 32.3 Å². The van der Waals surface area contributed by atoms with Crippen LogP contribution in [0.3, 0.4) is 0 Å². The minimum absolute atomic E-state index is 0.157. The van der Waals surface area contributed by atoms with Crippen molar-refractivity contribution in [3.05, 3.63) is 0 Å². The standard InChI is InChI=1S/C5H10OS/c1-5(2)3-4-7-6-5/h3-4H2,1-2H3. The largest absolute Gasteiger partial charge is 0.309 e. The highest BCUT2D eigenvalue weighted by Gasteiger charge is 2.24. The van der Waals surface area contributed by atoms with Crippen molar-refractivity contribution in [2.24, 2.45) is 0 Å². The Morgan fingerprint density at radius 2 is 2.29 bits per heavy atom. The summed E-state index contributed by atoms with van der Waals surface area (Å²) in [7, 11) is 0. The number of hydrogen-bond donors (Lipinski definition) is 0. The van der Waals surface area contributed by atoms with Crippen LogP contribution in [-0.2, 0) is 4.18 Å². The lowest BCUT2D eigenvalue weighted by molar-refractivity contribution is 0.159. The smallest absolute Gasteiger partial charge is 0.0781 e. The van der Waals surface area contributed by atoms with Gasteiger partial charge in [0.05, 0.1) is 5.60 Å². The van der Waals surface area contributed by atoms with Gasteiger partial charge in [0, 0.05) is 5.75 Å². The molecule has 1 rings (SSSR count). The van der Waals surface area contributed by atoms with Crippen LogP contribution < -0.4 is 0 Å². The molecule has 0 radical (unpaired) electrons. The van der Waals surface area contributed by atoms with Crippen molar-refractivity contribution in [1.29, 1.82) is 0 Å². The van der Waals surface area contributed by atoms with Crippen LogP contribution in [0.15, 0.2) is 0 Å². The zero-order chi connectivity index (χ0) is 5.33. The molecule has 0 atom stereocenters. The molecule has 0 unspecified atom stereocenters. The SMILES string of the molecule is CC1(C)CCSO1. The molecule has 1 heterocycles. The Kier molecular flexibility index (Phi) is 1.30. The molecule has 1 aliphatic rings. The molecule has 1 aliphatic heterocycles. The van der Waals surface area contributed by atoms with Gasteiger partial charge in [0.1, 0.15) is 0 Å². The Morgan fingerprint density at radius 1 is 1.57 bits per heavy atom. The molecule has 2 heteroatoms. The van der Waals surface area contributed by atoms with Crippen molar-refractivity contribution in [2.45, 2.75) is 25.9 Å². The lowest BCUT2D eigenvalue weighted by atomic mass is 10.1. The van der Waals surface area contributed by atoms with E-state index >= 15 is 0 Å². The van der Waals surface area contributed by atoms with Crippen molar-refractivity contribution >= 4 is 12.0 Å². The van der Waals surface area contributed by atoms with E-state index in [4.69, 9.17) is 4.18 Å². The minimum Gasteiger partial charge on any atom is -0.309 e. The topological polar surface area (TPSA) is 9.23 Å². The highest BCUT2D eigenvalue weighted by molar-refractivity contribution is 7.94. The molecule has 0 aromatic carbocycles. The molecule has 0 aliphatic carbocycles. The molecule has 0 aromatic heterocycles. The molecule has 0 aromatic rings. The predicted octanol–water partition coefficient (Wildman–Crippen LogP) is 1.83. The van der Waals surface area contributed by atoms with Crippen molar-refractivity contribution in [3.63, 3.8) is 0 Å². The van der Waals surface area contributed by atoms with Crippen LogP contribution in [0, 0.1) is 0 Å². The average Bonchev–Trinajstić information content (AvgIpc) is 1.84. The number of hydrogen-bond acceptors (Lipinski definition) is 2. The van der Waals surface area contributed by atoms with Crippen LogP contribution in [0.5, 0.6) is 0 Å².